The summed E-state index contributed by atoms with van der Waals surface area (Å²) in [7, 11) is 1.35. The fraction of sp³-hybridized carbons (Fsp3) is 0.316. The summed E-state index contributed by atoms with van der Waals surface area (Å²) in [6, 6.07) is 7.52. The van der Waals surface area contributed by atoms with Crippen molar-refractivity contribution in [2.45, 2.75) is 33.1 Å². The van der Waals surface area contributed by atoms with Crippen LogP contribution in [0.5, 0.6) is 5.75 Å². The molecule has 2 N–H and O–H groups in total. The van der Waals surface area contributed by atoms with Crippen LogP contribution in [0.1, 0.15) is 29.9 Å². The molecule has 0 aliphatic carbocycles. The van der Waals surface area contributed by atoms with Crippen molar-refractivity contribution in [2.75, 3.05) is 12.4 Å². The lowest BCUT2D eigenvalue weighted by atomic mass is 10.2. The second kappa shape index (κ2) is 9.00. The Morgan fingerprint density at radius 3 is 2.44 bits per heavy atom. The first-order valence-electron chi connectivity index (χ1n) is 8.33. The molecule has 0 aliphatic heterocycles. The summed E-state index contributed by atoms with van der Waals surface area (Å²) in [5.74, 6) is -0.725. The number of anilines is 1. The minimum atomic E-state index is -0.434. The molecule has 2 aromatic rings. The van der Waals surface area contributed by atoms with E-state index in [4.69, 9.17) is 9.47 Å². The van der Waals surface area contributed by atoms with E-state index >= 15 is 0 Å². The molecule has 8 heteroatoms. The molecule has 1 aromatic carbocycles. The second-order valence-electron chi connectivity index (χ2n) is 6.06. The number of esters is 1. The zero-order chi connectivity index (χ0) is 20.0. The first-order chi connectivity index (χ1) is 12.8. The van der Waals surface area contributed by atoms with Crippen molar-refractivity contribution in [1.29, 1.82) is 0 Å². The van der Waals surface area contributed by atoms with Gasteiger partial charge in [0.1, 0.15) is 6.54 Å². The number of nitrogens with one attached hydrogen (secondary N) is 1. The van der Waals surface area contributed by atoms with Crippen LogP contribution >= 0.6 is 0 Å². The summed E-state index contributed by atoms with van der Waals surface area (Å²) in [5.41, 5.74) is 0.805. The fourth-order valence-corrected chi connectivity index (χ4v) is 2.36. The number of ether oxygens (including phenoxy) is 2. The standard InChI is InChI=1S/C19H22N2O6/c1-12(2)27-19(25)13-4-6-14(7-5-13)20-18(24)10-21-9-17(26-3)16(23)8-15(21)11-22/h4-9,12,22H,10-11H2,1-3H3,(H,20,24). The van der Waals surface area contributed by atoms with Crippen LogP contribution in [-0.4, -0.2) is 34.8 Å². The first-order valence-corrected chi connectivity index (χ1v) is 8.33. The molecule has 0 fully saturated rings. The van der Waals surface area contributed by atoms with E-state index in [2.05, 4.69) is 5.32 Å². The average molecular weight is 374 g/mol. The third-order valence-corrected chi connectivity index (χ3v) is 3.63. The largest absolute Gasteiger partial charge is 0.491 e. The Balaban J connectivity index is 2.08. The summed E-state index contributed by atoms with van der Waals surface area (Å²) in [6.07, 6.45) is 1.16. The molecule has 8 nitrogen and oxygen atoms in total. The molecular formula is C19H22N2O6. The third kappa shape index (κ3) is 5.42. The lowest BCUT2D eigenvalue weighted by Crippen LogP contribution is -2.23. The molecule has 1 amide bonds. The number of hydrogen-bond acceptors (Lipinski definition) is 6. The Morgan fingerprint density at radius 2 is 1.89 bits per heavy atom. The van der Waals surface area contributed by atoms with Gasteiger partial charge in [-0.1, -0.05) is 0 Å². The van der Waals surface area contributed by atoms with Crippen molar-refractivity contribution in [1.82, 2.24) is 4.57 Å². The molecule has 1 aromatic heterocycles. The highest BCUT2D eigenvalue weighted by atomic mass is 16.5. The van der Waals surface area contributed by atoms with E-state index < -0.39 is 5.97 Å². The number of aliphatic hydroxyl groups excluding tert-OH is 1. The average Bonchev–Trinajstić information content (AvgIpc) is 2.62. The number of methoxy groups -OCH3 is 1. The van der Waals surface area contributed by atoms with Crippen LogP contribution in [0, 0.1) is 0 Å². The van der Waals surface area contributed by atoms with E-state index in [0.29, 0.717) is 16.9 Å². The molecule has 0 bridgehead atoms. The summed E-state index contributed by atoms with van der Waals surface area (Å²) in [5, 5.41) is 12.1. The van der Waals surface area contributed by atoms with Gasteiger partial charge in [0.05, 0.1) is 31.6 Å². The van der Waals surface area contributed by atoms with Gasteiger partial charge in [-0.25, -0.2) is 4.79 Å². The predicted molar refractivity (Wildman–Crippen MR) is 98.8 cm³/mol. The van der Waals surface area contributed by atoms with Crippen LogP contribution in [0.3, 0.4) is 0 Å². The highest BCUT2D eigenvalue weighted by Crippen LogP contribution is 2.12. The van der Waals surface area contributed by atoms with Gasteiger partial charge in [0.15, 0.2) is 5.75 Å². The van der Waals surface area contributed by atoms with Gasteiger partial charge in [-0.05, 0) is 38.1 Å². The van der Waals surface area contributed by atoms with Crippen LogP contribution in [0.4, 0.5) is 5.69 Å². The van der Waals surface area contributed by atoms with Crippen LogP contribution in [-0.2, 0) is 22.7 Å². The zero-order valence-corrected chi connectivity index (χ0v) is 15.4. The topological polar surface area (TPSA) is 107 Å². The number of nitrogens with zero attached hydrogens (tertiary/aromatic N) is 1. The Bertz CT molecular complexity index is 871. The van der Waals surface area contributed by atoms with E-state index in [9.17, 15) is 19.5 Å². The van der Waals surface area contributed by atoms with Gasteiger partial charge < -0.3 is 24.5 Å². The number of pyridine rings is 1. The number of benzene rings is 1. The number of aliphatic hydroxyl groups is 1. The number of amides is 1. The minimum Gasteiger partial charge on any atom is -0.491 e. The van der Waals surface area contributed by atoms with Crippen LogP contribution in [0.2, 0.25) is 0 Å². The Kier molecular flexibility index (Phi) is 6.73. The van der Waals surface area contributed by atoms with Gasteiger partial charge in [-0.2, -0.15) is 0 Å². The molecule has 0 saturated heterocycles. The molecule has 1 heterocycles. The van der Waals surface area contributed by atoms with Crippen LogP contribution in [0.15, 0.2) is 41.3 Å². The fourth-order valence-electron chi connectivity index (χ4n) is 2.36. The smallest absolute Gasteiger partial charge is 0.338 e. The maximum absolute atomic E-state index is 12.3. The van der Waals surface area contributed by atoms with Gasteiger partial charge in [0, 0.05) is 17.4 Å². The number of carbonyl (C=O) groups is 2. The van der Waals surface area contributed by atoms with E-state index in [0.717, 1.165) is 0 Å². The second-order valence-corrected chi connectivity index (χ2v) is 6.06. The lowest BCUT2D eigenvalue weighted by Gasteiger charge is -2.13. The van der Waals surface area contributed by atoms with Crippen LogP contribution < -0.4 is 15.5 Å². The number of aromatic nitrogens is 1. The summed E-state index contributed by atoms with van der Waals surface area (Å²) < 4.78 is 11.5. The molecule has 0 spiro atoms. The molecule has 0 saturated carbocycles. The molecule has 144 valence electrons. The Morgan fingerprint density at radius 1 is 1.22 bits per heavy atom. The maximum Gasteiger partial charge on any atom is 0.338 e. The quantitative estimate of drug-likeness (QED) is 0.712. The monoisotopic (exact) mass is 374 g/mol. The molecular weight excluding hydrogens is 352 g/mol. The molecule has 0 atom stereocenters. The van der Waals surface area contributed by atoms with Crippen molar-refractivity contribution in [2.24, 2.45) is 0 Å². The lowest BCUT2D eigenvalue weighted by molar-refractivity contribution is -0.116. The normalized spacial score (nSPS) is 10.6. The third-order valence-electron chi connectivity index (χ3n) is 3.63. The SMILES string of the molecule is COc1cn(CC(=O)Nc2ccc(C(=O)OC(C)C)cc2)c(CO)cc1=O. The molecule has 0 aliphatic rings. The minimum absolute atomic E-state index is 0.0769. The van der Waals surface area contributed by atoms with Crippen molar-refractivity contribution in [3.8, 4) is 5.75 Å². The molecule has 0 unspecified atom stereocenters. The summed E-state index contributed by atoms with van der Waals surface area (Å²) in [6.45, 7) is 3.02. The zero-order valence-electron chi connectivity index (χ0n) is 15.4. The summed E-state index contributed by atoms with van der Waals surface area (Å²) >= 11 is 0. The molecule has 0 radical (unpaired) electrons. The van der Waals surface area contributed by atoms with E-state index in [-0.39, 0.29) is 36.3 Å². The highest BCUT2D eigenvalue weighted by Gasteiger charge is 2.12. The van der Waals surface area contributed by atoms with Gasteiger partial charge in [0.25, 0.3) is 0 Å². The molecule has 2 rings (SSSR count). The van der Waals surface area contributed by atoms with Gasteiger partial charge in [0.2, 0.25) is 11.3 Å². The van der Waals surface area contributed by atoms with E-state index in [1.807, 2.05) is 0 Å². The number of carbonyl (C=O) groups excluding carboxylic acids is 2. The van der Waals surface area contributed by atoms with Crippen molar-refractivity contribution >= 4 is 17.6 Å². The predicted octanol–water partition coefficient (Wildman–Crippen LogP) is 1.55. The highest BCUT2D eigenvalue weighted by molar-refractivity contribution is 5.93. The number of hydrogen-bond donors (Lipinski definition) is 2. The van der Waals surface area contributed by atoms with Crippen molar-refractivity contribution in [3.05, 3.63) is 58.0 Å². The van der Waals surface area contributed by atoms with E-state index in [1.54, 1.807) is 38.1 Å². The van der Waals surface area contributed by atoms with Crippen LogP contribution in [0.25, 0.3) is 0 Å². The van der Waals surface area contributed by atoms with Gasteiger partial charge >= 0.3 is 5.97 Å². The Labute approximate surface area is 156 Å². The van der Waals surface area contributed by atoms with Crippen molar-refractivity contribution < 1.29 is 24.2 Å². The van der Waals surface area contributed by atoms with E-state index in [1.165, 1.54) is 23.9 Å². The Hall–Kier alpha value is -3.13. The maximum atomic E-state index is 12.3. The molecule has 27 heavy (non-hydrogen) atoms. The van der Waals surface area contributed by atoms with Gasteiger partial charge in [-0.3, -0.25) is 9.59 Å². The van der Waals surface area contributed by atoms with Gasteiger partial charge in [-0.15, -0.1) is 0 Å². The van der Waals surface area contributed by atoms with Crippen molar-refractivity contribution in [3.63, 3.8) is 0 Å². The first kappa shape index (κ1) is 20.2. The number of rotatable bonds is 7. The summed E-state index contributed by atoms with van der Waals surface area (Å²) in [4.78, 5) is 35.8.